The van der Waals surface area contributed by atoms with E-state index in [9.17, 15) is 10.2 Å². The smallest absolute Gasteiger partial charge is 0.137 e. The van der Waals surface area contributed by atoms with E-state index in [1.807, 2.05) is 0 Å². The summed E-state index contributed by atoms with van der Waals surface area (Å²) in [6.45, 7) is -0.397. The Hall–Kier alpha value is -1.14. The minimum atomic E-state index is -1.48. The van der Waals surface area contributed by atoms with Gasteiger partial charge >= 0.3 is 0 Å². The second kappa shape index (κ2) is 5.24. The second-order valence-corrected chi connectivity index (χ2v) is 4.73. The quantitative estimate of drug-likeness (QED) is 0.893. The molecule has 2 aromatic rings. The fourth-order valence-corrected chi connectivity index (χ4v) is 1.90. The molecule has 1 unspecified atom stereocenters. The molecule has 0 fully saturated rings. The topological polar surface area (TPSA) is 71.2 Å². The summed E-state index contributed by atoms with van der Waals surface area (Å²) in [5.41, 5.74) is -1.02. The van der Waals surface area contributed by atoms with E-state index in [-0.39, 0.29) is 6.54 Å². The van der Waals surface area contributed by atoms with Crippen LogP contribution in [-0.2, 0) is 12.1 Å². The molecule has 96 valence electrons. The molecule has 5 nitrogen and oxygen atoms in total. The molecule has 0 aliphatic rings. The maximum atomic E-state index is 10.4. The maximum absolute atomic E-state index is 10.4. The molecule has 0 amide bonds. The van der Waals surface area contributed by atoms with Crippen LogP contribution in [-0.4, -0.2) is 31.6 Å². The van der Waals surface area contributed by atoms with Gasteiger partial charge in [0.15, 0.2) is 0 Å². The normalized spacial score (nSPS) is 14.4. The van der Waals surface area contributed by atoms with E-state index in [2.05, 4.69) is 10.1 Å². The third kappa shape index (κ3) is 2.64. The molecule has 1 atom stereocenters. The average Bonchev–Trinajstić information content (AvgIpc) is 2.85. The Morgan fingerprint density at radius 3 is 2.61 bits per heavy atom. The Labute approximate surface area is 114 Å². The van der Waals surface area contributed by atoms with E-state index in [4.69, 9.17) is 23.2 Å². The van der Waals surface area contributed by atoms with E-state index in [0.717, 1.165) is 0 Å². The minimum absolute atomic E-state index is 0.0709. The van der Waals surface area contributed by atoms with E-state index < -0.39 is 12.2 Å². The van der Waals surface area contributed by atoms with Crippen LogP contribution in [0.4, 0.5) is 0 Å². The molecule has 18 heavy (non-hydrogen) atoms. The van der Waals surface area contributed by atoms with E-state index in [1.165, 1.54) is 23.4 Å². The first-order valence-electron chi connectivity index (χ1n) is 5.16. The van der Waals surface area contributed by atoms with Crippen molar-refractivity contribution in [2.24, 2.45) is 0 Å². The Kier molecular flexibility index (Phi) is 3.87. The van der Waals surface area contributed by atoms with E-state index in [0.29, 0.717) is 15.6 Å². The van der Waals surface area contributed by atoms with Crippen LogP contribution in [0.15, 0.2) is 30.9 Å². The van der Waals surface area contributed by atoms with Crippen LogP contribution < -0.4 is 0 Å². The van der Waals surface area contributed by atoms with Crippen LogP contribution in [0.2, 0.25) is 10.0 Å². The summed E-state index contributed by atoms with van der Waals surface area (Å²) in [6.07, 6.45) is 2.81. The number of nitrogens with zero attached hydrogens (tertiary/aromatic N) is 3. The van der Waals surface area contributed by atoms with Crippen molar-refractivity contribution in [2.75, 3.05) is 6.61 Å². The lowest BCUT2D eigenvalue weighted by molar-refractivity contribution is -0.0357. The van der Waals surface area contributed by atoms with Gasteiger partial charge in [-0.25, -0.2) is 9.67 Å². The van der Waals surface area contributed by atoms with E-state index in [1.54, 1.807) is 12.1 Å². The van der Waals surface area contributed by atoms with E-state index >= 15 is 0 Å². The molecule has 7 heteroatoms. The van der Waals surface area contributed by atoms with Crippen molar-refractivity contribution in [3.63, 3.8) is 0 Å². The molecule has 2 rings (SSSR count). The molecule has 0 aliphatic carbocycles. The van der Waals surface area contributed by atoms with Crippen molar-refractivity contribution >= 4 is 23.2 Å². The number of rotatable bonds is 4. The van der Waals surface area contributed by atoms with Gasteiger partial charge < -0.3 is 10.2 Å². The van der Waals surface area contributed by atoms with Gasteiger partial charge in [0.05, 0.1) is 23.2 Å². The summed E-state index contributed by atoms with van der Waals surface area (Å²) in [4.78, 5) is 3.78. The number of aliphatic hydroxyl groups is 2. The zero-order chi connectivity index (χ0) is 13.2. The summed E-state index contributed by atoms with van der Waals surface area (Å²) < 4.78 is 1.43. The predicted molar refractivity (Wildman–Crippen MR) is 67.5 cm³/mol. The first-order valence-corrected chi connectivity index (χ1v) is 5.92. The average molecular weight is 288 g/mol. The summed E-state index contributed by atoms with van der Waals surface area (Å²) in [5.74, 6) is 0. The summed E-state index contributed by atoms with van der Waals surface area (Å²) >= 11 is 11.7. The molecular weight excluding hydrogens is 277 g/mol. The van der Waals surface area contributed by atoms with Crippen LogP contribution in [0.1, 0.15) is 5.56 Å². The molecule has 0 radical (unpaired) electrons. The second-order valence-electron chi connectivity index (χ2n) is 3.91. The Morgan fingerprint density at radius 1 is 1.28 bits per heavy atom. The highest BCUT2D eigenvalue weighted by molar-refractivity contribution is 6.42. The number of aromatic nitrogens is 3. The molecule has 0 aliphatic heterocycles. The molecule has 1 aromatic heterocycles. The van der Waals surface area contributed by atoms with Crippen molar-refractivity contribution in [3.05, 3.63) is 46.5 Å². The molecular formula is C11H11Cl2N3O2. The Morgan fingerprint density at radius 2 is 2.06 bits per heavy atom. The molecule has 0 bridgehead atoms. The molecule has 0 saturated heterocycles. The number of halogens is 2. The van der Waals surface area contributed by atoms with Crippen molar-refractivity contribution in [3.8, 4) is 0 Å². The van der Waals surface area contributed by atoms with Gasteiger partial charge in [-0.1, -0.05) is 29.3 Å². The lowest BCUT2D eigenvalue weighted by Crippen LogP contribution is -2.35. The van der Waals surface area contributed by atoms with Gasteiger partial charge in [0, 0.05) is 0 Å². The highest BCUT2D eigenvalue weighted by Crippen LogP contribution is 2.29. The molecule has 2 N–H and O–H groups in total. The summed E-state index contributed by atoms with van der Waals surface area (Å²) in [6, 6.07) is 4.71. The standard InChI is InChI=1S/C11H11Cl2N3O2/c12-9-2-1-8(3-10(9)13)11(18,5-17)4-16-7-14-6-15-16/h1-3,6-7,17-18H,4-5H2. The Balaban J connectivity index is 2.33. The monoisotopic (exact) mass is 287 g/mol. The minimum Gasteiger partial charge on any atom is -0.393 e. The van der Waals surface area contributed by atoms with Gasteiger partial charge in [-0.05, 0) is 17.7 Å². The van der Waals surface area contributed by atoms with Crippen LogP contribution in [0.5, 0.6) is 0 Å². The molecule has 1 heterocycles. The van der Waals surface area contributed by atoms with Crippen molar-refractivity contribution in [1.82, 2.24) is 14.8 Å². The third-order valence-electron chi connectivity index (χ3n) is 2.61. The SMILES string of the molecule is OCC(O)(Cn1cncn1)c1ccc(Cl)c(Cl)c1. The van der Waals surface area contributed by atoms with Crippen molar-refractivity contribution in [1.29, 1.82) is 0 Å². The zero-order valence-electron chi connectivity index (χ0n) is 9.29. The molecule has 0 spiro atoms. The Bertz CT molecular complexity index is 533. The first kappa shape index (κ1) is 13.3. The highest BCUT2D eigenvalue weighted by atomic mass is 35.5. The van der Waals surface area contributed by atoms with Gasteiger partial charge in [-0.3, -0.25) is 0 Å². The van der Waals surface area contributed by atoms with Gasteiger partial charge in [-0.2, -0.15) is 5.10 Å². The fraction of sp³-hybridized carbons (Fsp3) is 0.273. The first-order chi connectivity index (χ1) is 8.55. The van der Waals surface area contributed by atoms with Crippen LogP contribution in [0, 0.1) is 0 Å². The van der Waals surface area contributed by atoms with Crippen LogP contribution >= 0.6 is 23.2 Å². The summed E-state index contributed by atoms with van der Waals surface area (Å²) in [7, 11) is 0. The number of aliphatic hydroxyl groups excluding tert-OH is 1. The van der Waals surface area contributed by atoms with Gasteiger partial charge in [0.1, 0.15) is 18.3 Å². The van der Waals surface area contributed by atoms with Crippen molar-refractivity contribution in [2.45, 2.75) is 12.1 Å². The number of hydrogen-bond donors (Lipinski definition) is 2. The number of benzene rings is 1. The van der Waals surface area contributed by atoms with Gasteiger partial charge in [-0.15, -0.1) is 0 Å². The lowest BCUT2D eigenvalue weighted by atomic mass is 9.95. The zero-order valence-corrected chi connectivity index (χ0v) is 10.8. The van der Waals surface area contributed by atoms with Gasteiger partial charge in [0.25, 0.3) is 0 Å². The molecule has 0 saturated carbocycles. The van der Waals surface area contributed by atoms with Crippen LogP contribution in [0.25, 0.3) is 0 Å². The van der Waals surface area contributed by atoms with Crippen LogP contribution in [0.3, 0.4) is 0 Å². The van der Waals surface area contributed by atoms with Gasteiger partial charge in [0.2, 0.25) is 0 Å². The predicted octanol–water partition coefficient (Wildman–Crippen LogP) is 1.46. The maximum Gasteiger partial charge on any atom is 0.137 e. The number of hydrogen-bond acceptors (Lipinski definition) is 4. The fourth-order valence-electron chi connectivity index (χ4n) is 1.60. The summed E-state index contributed by atoms with van der Waals surface area (Å²) in [5, 5.41) is 24.4. The largest absolute Gasteiger partial charge is 0.393 e. The third-order valence-corrected chi connectivity index (χ3v) is 3.35. The highest BCUT2D eigenvalue weighted by Gasteiger charge is 2.30. The molecule has 1 aromatic carbocycles. The van der Waals surface area contributed by atoms with Crippen molar-refractivity contribution < 1.29 is 10.2 Å². The lowest BCUT2D eigenvalue weighted by Gasteiger charge is -2.26.